The number of halogens is 2. The first-order chi connectivity index (χ1) is 10.6. The molecular weight excluding hydrogens is 335 g/mol. The summed E-state index contributed by atoms with van der Waals surface area (Å²) in [6.07, 6.45) is 8.94. The first kappa shape index (κ1) is 21.5. The molecule has 4 N–H and O–H groups in total. The van der Waals surface area contributed by atoms with E-state index in [2.05, 4.69) is 17.5 Å². The molecule has 1 rings (SSSR count). The van der Waals surface area contributed by atoms with Crippen LogP contribution >= 0.6 is 24.0 Å². The number of hydrazone groups is 1. The molecule has 0 fully saturated rings. The molecule has 0 aliphatic carbocycles. The summed E-state index contributed by atoms with van der Waals surface area (Å²) >= 11 is 6.18. The van der Waals surface area contributed by atoms with E-state index >= 15 is 0 Å². The molecule has 0 bridgehead atoms. The van der Waals surface area contributed by atoms with E-state index in [1.165, 1.54) is 32.1 Å². The lowest BCUT2D eigenvalue weighted by Gasteiger charge is -2.08. The number of guanidine groups is 1. The van der Waals surface area contributed by atoms with Gasteiger partial charge in [0.05, 0.1) is 17.8 Å². The average molecular weight is 361 g/mol. The first-order valence-corrected chi connectivity index (χ1v) is 8.06. The van der Waals surface area contributed by atoms with Gasteiger partial charge in [0, 0.05) is 0 Å². The van der Waals surface area contributed by atoms with Gasteiger partial charge in [0.2, 0.25) is 5.96 Å². The van der Waals surface area contributed by atoms with E-state index < -0.39 is 0 Å². The van der Waals surface area contributed by atoms with Gasteiger partial charge in [0.1, 0.15) is 5.75 Å². The molecule has 0 unspecified atom stereocenters. The first-order valence-electron chi connectivity index (χ1n) is 7.69. The van der Waals surface area contributed by atoms with Crippen LogP contribution in [0.25, 0.3) is 0 Å². The largest absolute Gasteiger partial charge is 0.492 e. The number of nitrogens with two attached hydrogens (primary N) is 1. The SMILES string of the molecule is CCCCCCCCOc1ccc(/C=N/NC(=N)N)cc1Cl.Cl. The lowest BCUT2D eigenvalue weighted by molar-refractivity contribution is 0.304. The van der Waals surface area contributed by atoms with E-state index in [1.807, 2.05) is 12.1 Å². The predicted octanol–water partition coefficient (Wildman–Crippen LogP) is 4.32. The fourth-order valence-corrected chi connectivity index (χ4v) is 2.20. The Morgan fingerprint density at radius 3 is 2.65 bits per heavy atom. The van der Waals surface area contributed by atoms with Crippen LogP contribution in [0.3, 0.4) is 0 Å². The topological polar surface area (TPSA) is 83.5 Å². The molecule has 1 aromatic carbocycles. The third-order valence-electron chi connectivity index (χ3n) is 3.11. The summed E-state index contributed by atoms with van der Waals surface area (Å²) in [5.41, 5.74) is 8.29. The Balaban J connectivity index is 0.00000484. The molecular formula is C16H26Cl2N4O. The van der Waals surface area contributed by atoms with E-state index in [4.69, 9.17) is 27.5 Å². The Hall–Kier alpha value is -1.46. The Morgan fingerprint density at radius 1 is 1.30 bits per heavy atom. The van der Waals surface area contributed by atoms with E-state index in [1.54, 1.807) is 12.3 Å². The van der Waals surface area contributed by atoms with Crippen LogP contribution in [0.1, 0.15) is 51.0 Å². The summed E-state index contributed by atoms with van der Waals surface area (Å²) < 4.78 is 5.69. The van der Waals surface area contributed by atoms with Gasteiger partial charge in [0.15, 0.2) is 0 Å². The van der Waals surface area contributed by atoms with Crippen molar-refractivity contribution in [3.05, 3.63) is 28.8 Å². The molecule has 0 heterocycles. The molecule has 5 nitrogen and oxygen atoms in total. The second-order valence-electron chi connectivity index (χ2n) is 5.09. The lowest BCUT2D eigenvalue weighted by Crippen LogP contribution is -2.25. The monoisotopic (exact) mass is 360 g/mol. The van der Waals surface area contributed by atoms with Gasteiger partial charge in [-0.2, -0.15) is 5.10 Å². The molecule has 130 valence electrons. The maximum absolute atomic E-state index is 6.99. The van der Waals surface area contributed by atoms with Crippen LogP contribution in [0.4, 0.5) is 0 Å². The van der Waals surface area contributed by atoms with Gasteiger partial charge in [-0.05, 0) is 30.2 Å². The number of nitrogens with zero attached hydrogens (tertiary/aromatic N) is 1. The molecule has 0 atom stereocenters. The quantitative estimate of drug-likeness (QED) is 0.251. The molecule has 1 aromatic rings. The average Bonchev–Trinajstić information content (AvgIpc) is 2.48. The van der Waals surface area contributed by atoms with Gasteiger partial charge < -0.3 is 10.5 Å². The van der Waals surface area contributed by atoms with Gasteiger partial charge in [0.25, 0.3) is 0 Å². The summed E-state index contributed by atoms with van der Waals surface area (Å²) in [4.78, 5) is 0. The van der Waals surface area contributed by atoms with Crippen LogP contribution in [0.5, 0.6) is 5.75 Å². The summed E-state index contributed by atoms with van der Waals surface area (Å²) in [5, 5.41) is 11.3. The number of nitrogens with one attached hydrogen (secondary N) is 2. The van der Waals surface area contributed by atoms with Gasteiger partial charge in [-0.3, -0.25) is 5.41 Å². The normalized spacial score (nSPS) is 10.3. The molecule has 0 aliphatic heterocycles. The third kappa shape index (κ3) is 10.0. The van der Waals surface area contributed by atoms with Crippen molar-refractivity contribution in [3.8, 4) is 5.75 Å². The van der Waals surface area contributed by atoms with Gasteiger partial charge in [-0.25, -0.2) is 5.43 Å². The van der Waals surface area contributed by atoms with Crippen molar-refractivity contribution in [2.24, 2.45) is 10.8 Å². The molecule has 0 saturated carbocycles. The third-order valence-corrected chi connectivity index (χ3v) is 3.41. The van der Waals surface area contributed by atoms with Crippen molar-refractivity contribution >= 4 is 36.2 Å². The maximum Gasteiger partial charge on any atom is 0.206 e. The molecule has 0 aromatic heterocycles. The number of unbranched alkanes of at least 4 members (excludes halogenated alkanes) is 5. The van der Waals surface area contributed by atoms with Crippen LogP contribution in [0, 0.1) is 5.41 Å². The van der Waals surface area contributed by atoms with Crippen molar-refractivity contribution in [1.82, 2.24) is 5.43 Å². The zero-order chi connectivity index (χ0) is 16.2. The Labute approximate surface area is 149 Å². The van der Waals surface area contributed by atoms with Gasteiger partial charge in [-0.1, -0.05) is 50.6 Å². The van der Waals surface area contributed by atoms with Crippen LogP contribution < -0.4 is 15.9 Å². The molecule has 7 heteroatoms. The smallest absolute Gasteiger partial charge is 0.206 e. The minimum absolute atomic E-state index is 0. The minimum Gasteiger partial charge on any atom is -0.492 e. The van der Waals surface area contributed by atoms with Crippen molar-refractivity contribution < 1.29 is 4.74 Å². The highest BCUT2D eigenvalue weighted by Gasteiger charge is 2.02. The van der Waals surface area contributed by atoms with Crippen LogP contribution in [-0.2, 0) is 0 Å². The van der Waals surface area contributed by atoms with E-state index in [9.17, 15) is 0 Å². The van der Waals surface area contributed by atoms with Crippen molar-refractivity contribution in [2.75, 3.05) is 6.61 Å². The second-order valence-corrected chi connectivity index (χ2v) is 5.50. The van der Waals surface area contributed by atoms with E-state index in [0.717, 1.165) is 12.0 Å². The van der Waals surface area contributed by atoms with Crippen LogP contribution in [0.15, 0.2) is 23.3 Å². The summed E-state index contributed by atoms with van der Waals surface area (Å²) in [7, 11) is 0. The Morgan fingerprint density at radius 2 is 2.00 bits per heavy atom. The number of hydrogen-bond donors (Lipinski definition) is 3. The maximum atomic E-state index is 6.99. The van der Waals surface area contributed by atoms with E-state index in [-0.39, 0.29) is 18.4 Å². The minimum atomic E-state index is -0.207. The number of ether oxygens (including phenoxy) is 1. The summed E-state index contributed by atoms with van der Waals surface area (Å²) in [6, 6.07) is 5.45. The second kappa shape index (κ2) is 13.0. The van der Waals surface area contributed by atoms with Crippen molar-refractivity contribution in [1.29, 1.82) is 5.41 Å². The predicted molar refractivity (Wildman–Crippen MR) is 100 cm³/mol. The zero-order valence-corrected chi connectivity index (χ0v) is 15.1. The number of hydrogen-bond acceptors (Lipinski definition) is 3. The van der Waals surface area contributed by atoms with Gasteiger partial charge in [-0.15, -0.1) is 12.4 Å². The highest BCUT2D eigenvalue weighted by molar-refractivity contribution is 6.32. The Kier molecular flexibility index (Phi) is 12.2. The fraction of sp³-hybridized carbons (Fsp3) is 0.500. The number of rotatable bonds is 10. The van der Waals surface area contributed by atoms with Crippen LogP contribution in [0.2, 0.25) is 5.02 Å². The van der Waals surface area contributed by atoms with E-state index in [0.29, 0.717) is 17.4 Å². The van der Waals surface area contributed by atoms with Gasteiger partial charge >= 0.3 is 0 Å². The highest BCUT2D eigenvalue weighted by atomic mass is 35.5. The lowest BCUT2D eigenvalue weighted by atomic mass is 10.1. The van der Waals surface area contributed by atoms with Crippen molar-refractivity contribution in [3.63, 3.8) is 0 Å². The molecule has 0 saturated heterocycles. The molecule has 0 radical (unpaired) electrons. The molecule has 0 aliphatic rings. The molecule has 23 heavy (non-hydrogen) atoms. The fourth-order valence-electron chi connectivity index (χ4n) is 1.96. The highest BCUT2D eigenvalue weighted by Crippen LogP contribution is 2.25. The summed E-state index contributed by atoms with van der Waals surface area (Å²) in [5.74, 6) is 0.480. The number of benzene rings is 1. The van der Waals surface area contributed by atoms with Crippen molar-refractivity contribution in [2.45, 2.75) is 45.4 Å². The summed E-state index contributed by atoms with van der Waals surface area (Å²) in [6.45, 7) is 2.90. The Bertz CT molecular complexity index is 495. The molecule has 0 spiro atoms. The molecule has 0 amide bonds. The van der Waals surface area contributed by atoms with Crippen LogP contribution in [-0.4, -0.2) is 18.8 Å². The standard InChI is InChI=1S/C16H25ClN4O.ClH/c1-2-3-4-5-6-7-10-22-15-9-8-13(11-14(15)17)12-20-21-16(18)19;/h8-9,11-12H,2-7,10H2,1H3,(H4,18,19,21);1H/b20-12+;. The zero-order valence-electron chi connectivity index (χ0n) is 13.5.